The van der Waals surface area contributed by atoms with Gasteiger partial charge < -0.3 is 10.3 Å². The van der Waals surface area contributed by atoms with E-state index in [1.165, 1.54) is 30.8 Å². The van der Waals surface area contributed by atoms with Gasteiger partial charge in [0.1, 0.15) is 0 Å². The van der Waals surface area contributed by atoms with Crippen LogP contribution in [0.25, 0.3) is 0 Å². The molecule has 6 heteroatoms. The van der Waals surface area contributed by atoms with E-state index in [1.54, 1.807) is 0 Å². The van der Waals surface area contributed by atoms with E-state index in [4.69, 9.17) is 10.3 Å². The number of thioether (sulfide) groups is 2. The first-order valence-corrected chi connectivity index (χ1v) is 9.33. The van der Waals surface area contributed by atoms with Gasteiger partial charge in [-0.25, -0.2) is 0 Å². The molecule has 0 spiro atoms. The Morgan fingerprint density at radius 3 is 2.89 bits per heavy atom. The van der Waals surface area contributed by atoms with Gasteiger partial charge in [-0.1, -0.05) is 24.4 Å². The third-order valence-corrected chi connectivity index (χ3v) is 6.70. The molecule has 1 aliphatic carbocycles. The van der Waals surface area contributed by atoms with Crippen LogP contribution in [-0.4, -0.2) is 33.4 Å². The van der Waals surface area contributed by atoms with E-state index in [1.807, 2.05) is 23.5 Å². The lowest BCUT2D eigenvalue weighted by atomic mass is 9.95. The van der Waals surface area contributed by atoms with Crippen LogP contribution >= 0.6 is 23.5 Å². The molecule has 1 aromatic heterocycles. The molecule has 0 aromatic carbocycles. The second kappa shape index (κ2) is 6.50. The van der Waals surface area contributed by atoms with Crippen LogP contribution in [-0.2, 0) is 0 Å². The first-order valence-electron chi connectivity index (χ1n) is 7.13. The van der Waals surface area contributed by atoms with E-state index in [0.717, 1.165) is 30.3 Å². The highest BCUT2D eigenvalue weighted by Gasteiger charge is 2.29. The highest BCUT2D eigenvalue weighted by atomic mass is 32.2. The van der Waals surface area contributed by atoms with E-state index < -0.39 is 0 Å². The second-order valence-electron chi connectivity index (χ2n) is 5.33. The monoisotopic (exact) mass is 299 g/mol. The van der Waals surface area contributed by atoms with E-state index in [0.29, 0.717) is 5.25 Å². The normalized spacial score (nSPS) is 33.0. The van der Waals surface area contributed by atoms with Crippen LogP contribution in [0.15, 0.2) is 4.52 Å². The maximum Gasteiger partial charge on any atom is 0.231 e. The van der Waals surface area contributed by atoms with Crippen molar-refractivity contribution < 1.29 is 4.52 Å². The molecular weight excluding hydrogens is 278 g/mol. The molecule has 3 atom stereocenters. The summed E-state index contributed by atoms with van der Waals surface area (Å²) in [6.07, 6.45) is 5.91. The second-order valence-corrected chi connectivity index (χ2v) is 7.79. The molecule has 2 N–H and O–H groups in total. The summed E-state index contributed by atoms with van der Waals surface area (Å²) in [5, 5.41) is 4.61. The molecule has 3 rings (SSSR count). The van der Waals surface area contributed by atoms with Crippen LogP contribution in [0.4, 0.5) is 0 Å². The minimum Gasteiger partial charge on any atom is -0.339 e. The van der Waals surface area contributed by atoms with Crippen molar-refractivity contribution in [3.63, 3.8) is 0 Å². The molecular formula is C13H21N3OS2. The van der Waals surface area contributed by atoms with E-state index in [2.05, 4.69) is 10.1 Å². The Balaban J connectivity index is 1.72. The summed E-state index contributed by atoms with van der Waals surface area (Å²) in [5.74, 6) is 5.44. The van der Waals surface area contributed by atoms with Crippen LogP contribution in [0.3, 0.4) is 0 Å². The lowest BCUT2D eigenvalue weighted by Crippen LogP contribution is -2.27. The largest absolute Gasteiger partial charge is 0.339 e. The molecule has 1 aromatic rings. The van der Waals surface area contributed by atoms with Crippen LogP contribution in [0, 0.1) is 0 Å². The Kier molecular flexibility index (Phi) is 4.71. The molecule has 4 nitrogen and oxygen atoms in total. The van der Waals surface area contributed by atoms with Gasteiger partial charge in [0, 0.05) is 23.3 Å². The van der Waals surface area contributed by atoms with Gasteiger partial charge in [0.2, 0.25) is 5.89 Å². The van der Waals surface area contributed by atoms with Gasteiger partial charge in [-0.05, 0) is 12.8 Å². The summed E-state index contributed by atoms with van der Waals surface area (Å²) in [7, 11) is 0. The topological polar surface area (TPSA) is 64.9 Å². The van der Waals surface area contributed by atoms with Gasteiger partial charge in [0.05, 0.1) is 11.2 Å². The zero-order chi connectivity index (χ0) is 13.1. The molecule has 1 saturated heterocycles. The maximum atomic E-state index is 6.26. The van der Waals surface area contributed by atoms with Crippen molar-refractivity contribution in [2.24, 2.45) is 5.73 Å². The van der Waals surface area contributed by atoms with E-state index >= 15 is 0 Å². The van der Waals surface area contributed by atoms with Crippen molar-refractivity contribution in [3.05, 3.63) is 11.7 Å². The van der Waals surface area contributed by atoms with Gasteiger partial charge >= 0.3 is 0 Å². The van der Waals surface area contributed by atoms with Crippen LogP contribution in [0.1, 0.15) is 55.0 Å². The van der Waals surface area contributed by atoms with Crippen molar-refractivity contribution in [1.82, 2.24) is 10.1 Å². The van der Waals surface area contributed by atoms with Crippen molar-refractivity contribution in [3.8, 4) is 0 Å². The van der Waals surface area contributed by atoms with Crippen molar-refractivity contribution in [1.29, 1.82) is 0 Å². The first kappa shape index (κ1) is 13.8. The standard InChI is InChI=1S/C13H21N3OS2/c14-10-5-3-1-2-4-9(10)13-15-12(16-17-13)11-8-18-6-7-19-11/h9-11H,1-8,14H2. The van der Waals surface area contributed by atoms with Crippen molar-refractivity contribution >= 4 is 23.5 Å². The highest BCUT2D eigenvalue weighted by molar-refractivity contribution is 8.06. The lowest BCUT2D eigenvalue weighted by Gasteiger charge is -2.18. The molecule has 1 saturated carbocycles. The van der Waals surface area contributed by atoms with Gasteiger partial charge in [-0.15, -0.1) is 11.8 Å². The van der Waals surface area contributed by atoms with Crippen molar-refractivity contribution in [2.75, 3.05) is 17.3 Å². The zero-order valence-corrected chi connectivity index (χ0v) is 12.7. The average Bonchev–Trinajstić information content (AvgIpc) is 2.83. The van der Waals surface area contributed by atoms with Crippen LogP contribution in [0.5, 0.6) is 0 Å². The molecule has 0 amide bonds. The Hall–Kier alpha value is -0.200. The van der Waals surface area contributed by atoms with Gasteiger partial charge in [0.25, 0.3) is 0 Å². The number of nitrogens with two attached hydrogens (primary N) is 1. The Morgan fingerprint density at radius 2 is 2.05 bits per heavy atom. The predicted molar refractivity (Wildman–Crippen MR) is 80.6 cm³/mol. The number of rotatable bonds is 2. The van der Waals surface area contributed by atoms with Crippen LogP contribution < -0.4 is 5.73 Å². The average molecular weight is 299 g/mol. The van der Waals surface area contributed by atoms with Crippen molar-refractivity contribution in [2.45, 2.75) is 49.3 Å². The molecule has 19 heavy (non-hydrogen) atoms. The minimum atomic E-state index is 0.184. The quantitative estimate of drug-likeness (QED) is 0.847. The Morgan fingerprint density at radius 1 is 1.16 bits per heavy atom. The maximum absolute atomic E-state index is 6.26. The number of hydrogen-bond acceptors (Lipinski definition) is 6. The zero-order valence-electron chi connectivity index (χ0n) is 11.1. The smallest absolute Gasteiger partial charge is 0.231 e. The number of nitrogens with zero attached hydrogens (tertiary/aromatic N) is 2. The fourth-order valence-corrected chi connectivity index (χ4v) is 5.40. The summed E-state index contributed by atoms with van der Waals surface area (Å²) in [6.45, 7) is 0. The number of aromatic nitrogens is 2. The molecule has 1 aliphatic heterocycles. The summed E-state index contributed by atoms with van der Waals surface area (Å²) in [5.41, 5.74) is 6.26. The molecule has 0 radical (unpaired) electrons. The third kappa shape index (κ3) is 3.28. The summed E-state index contributed by atoms with van der Waals surface area (Å²) < 4.78 is 5.52. The lowest BCUT2D eigenvalue weighted by molar-refractivity contribution is 0.323. The Bertz CT molecular complexity index is 406. The van der Waals surface area contributed by atoms with Crippen LogP contribution in [0.2, 0.25) is 0 Å². The Labute approximate surface area is 122 Å². The SMILES string of the molecule is NC1CCCCCC1c1nc(C2CSCCS2)no1. The van der Waals surface area contributed by atoms with Gasteiger partial charge in [-0.3, -0.25) is 0 Å². The minimum absolute atomic E-state index is 0.184. The highest BCUT2D eigenvalue weighted by Crippen LogP contribution is 2.36. The third-order valence-electron chi connectivity index (χ3n) is 3.95. The molecule has 3 unspecified atom stereocenters. The summed E-state index contributed by atoms with van der Waals surface area (Å²) in [6, 6.07) is 0.184. The predicted octanol–water partition coefficient (Wildman–Crippen LogP) is 2.97. The van der Waals surface area contributed by atoms with Gasteiger partial charge in [-0.2, -0.15) is 16.7 Å². The molecule has 2 aliphatic rings. The molecule has 106 valence electrons. The molecule has 2 fully saturated rings. The number of hydrogen-bond donors (Lipinski definition) is 1. The molecule has 0 bridgehead atoms. The first-order chi connectivity index (χ1) is 9.34. The van der Waals surface area contributed by atoms with E-state index in [9.17, 15) is 0 Å². The van der Waals surface area contributed by atoms with Gasteiger partial charge in [0.15, 0.2) is 5.82 Å². The fraction of sp³-hybridized carbons (Fsp3) is 0.846. The molecule has 2 heterocycles. The van der Waals surface area contributed by atoms with E-state index in [-0.39, 0.29) is 12.0 Å². The fourth-order valence-electron chi connectivity index (χ4n) is 2.81. The summed E-state index contributed by atoms with van der Waals surface area (Å²) >= 11 is 3.92. The summed E-state index contributed by atoms with van der Waals surface area (Å²) in [4.78, 5) is 4.66.